The molecule has 3 rings (SSSR count). The van der Waals surface area contributed by atoms with Gasteiger partial charge in [0, 0.05) is 6.04 Å². The maximum atomic E-state index is 5.57. The first-order chi connectivity index (χ1) is 9.86. The van der Waals surface area contributed by atoms with Crippen molar-refractivity contribution in [3.8, 4) is 5.75 Å². The Labute approximate surface area is 122 Å². The van der Waals surface area contributed by atoms with Crippen LogP contribution in [0.2, 0.25) is 0 Å². The lowest BCUT2D eigenvalue weighted by Gasteiger charge is -2.23. The van der Waals surface area contributed by atoms with Gasteiger partial charge >= 0.3 is 0 Å². The molecule has 1 saturated heterocycles. The Hall–Kier alpha value is -1.02. The molecule has 1 aromatic rings. The zero-order valence-corrected chi connectivity index (χ0v) is 12.7. The Morgan fingerprint density at radius 2 is 1.95 bits per heavy atom. The molecule has 20 heavy (non-hydrogen) atoms. The van der Waals surface area contributed by atoms with Gasteiger partial charge in [-0.3, -0.25) is 0 Å². The highest BCUT2D eigenvalue weighted by atomic mass is 16.5. The quantitative estimate of drug-likeness (QED) is 0.894. The molecule has 0 spiro atoms. The summed E-state index contributed by atoms with van der Waals surface area (Å²) in [6.45, 7) is 1.18. The van der Waals surface area contributed by atoms with Crippen molar-refractivity contribution in [1.82, 2.24) is 5.32 Å². The van der Waals surface area contributed by atoms with Crippen LogP contribution in [0.1, 0.15) is 62.0 Å². The van der Waals surface area contributed by atoms with Gasteiger partial charge in [-0.15, -0.1) is 0 Å². The Balaban J connectivity index is 1.78. The number of benzene rings is 1. The molecule has 1 atom stereocenters. The monoisotopic (exact) mass is 273 g/mol. The second kappa shape index (κ2) is 6.62. The minimum Gasteiger partial charge on any atom is -0.496 e. The van der Waals surface area contributed by atoms with Crippen LogP contribution in [0.25, 0.3) is 0 Å². The van der Waals surface area contributed by atoms with Crippen molar-refractivity contribution in [2.45, 2.75) is 63.3 Å². The first-order valence-corrected chi connectivity index (χ1v) is 8.27. The third-order valence-corrected chi connectivity index (χ3v) is 5.01. The average molecular weight is 273 g/mol. The molecule has 1 heterocycles. The molecule has 0 radical (unpaired) electrons. The molecule has 110 valence electrons. The second-order valence-electron chi connectivity index (χ2n) is 6.40. The lowest BCUT2D eigenvalue weighted by atomic mass is 9.83. The van der Waals surface area contributed by atoms with Crippen LogP contribution in [-0.4, -0.2) is 19.7 Å². The molecule has 2 aliphatic rings. The van der Waals surface area contributed by atoms with Gasteiger partial charge in [-0.25, -0.2) is 0 Å². The third kappa shape index (κ3) is 3.17. The normalized spacial score (nSPS) is 23.9. The summed E-state index contributed by atoms with van der Waals surface area (Å²) in [5.74, 6) is 1.85. The SMILES string of the molecule is COc1ccc(C2CCCCC2)cc1CC1CCCN1. The molecule has 2 heteroatoms. The van der Waals surface area contributed by atoms with Gasteiger partial charge in [0.25, 0.3) is 0 Å². The molecule has 0 bridgehead atoms. The first-order valence-electron chi connectivity index (χ1n) is 8.27. The predicted octanol–water partition coefficient (Wildman–Crippen LogP) is 4.04. The van der Waals surface area contributed by atoms with Gasteiger partial charge in [0.2, 0.25) is 0 Å². The smallest absolute Gasteiger partial charge is 0.122 e. The fourth-order valence-corrected chi connectivity index (χ4v) is 3.84. The first kappa shape index (κ1) is 13.9. The summed E-state index contributed by atoms with van der Waals surface area (Å²) >= 11 is 0. The molecule has 1 aliphatic carbocycles. The third-order valence-electron chi connectivity index (χ3n) is 5.01. The average Bonchev–Trinajstić information content (AvgIpc) is 3.01. The van der Waals surface area contributed by atoms with Gasteiger partial charge in [0.05, 0.1) is 7.11 Å². The Morgan fingerprint density at radius 1 is 1.10 bits per heavy atom. The Bertz CT molecular complexity index is 431. The van der Waals surface area contributed by atoms with E-state index in [9.17, 15) is 0 Å². The second-order valence-corrected chi connectivity index (χ2v) is 6.40. The maximum absolute atomic E-state index is 5.57. The summed E-state index contributed by atoms with van der Waals surface area (Å²) in [5.41, 5.74) is 2.94. The fraction of sp³-hybridized carbons (Fsp3) is 0.667. The number of rotatable bonds is 4. The van der Waals surface area contributed by atoms with Crippen molar-refractivity contribution in [3.63, 3.8) is 0 Å². The van der Waals surface area contributed by atoms with Gasteiger partial charge in [-0.2, -0.15) is 0 Å². The van der Waals surface area contributed by atoms with E-state index >= 15 is 0 Å². The van der Waals surface area contributed by atoms with Gasteiger partial charge in [0.1, 0.15) is 5.75 Å². The number of hydrogen-bond donors (Lipinski definition) is 1. The standard InChI is InChI=1S/C18H27NO/c1-20-18-10-9-15(14-6-3-2-4-7-14)12-16(18)13-17-8-5-11-19-17/h9-10,12,14,17,19H,2-8,11,13H2,1H3. The number of nitrogens with one attached hydrogen (secondary N) is 1. The summed E-state index contributed by atoms with van der Waals surface area (Å²) in [4.78, 5) is 0. The van der Waals surface area contributed by atoms with Gasteiger partial charge in [-0.05, 0) is 61.8 Å². The van der Waals surface area contributed by atoms with Crippen molar-refractivity contribution < 1.29 is 4.74 Å². The minimum absolute atomic E-state index is 0.644. The van der Waals surface area contributed by atoms with Crippen LogP contribution in [0.15, 0.2) is 18.2 Å². The van der Waals surface area contributed by atoms with Crippen LogP contribution in [0, 0.1) is 0 Å². The zero-order chi connectivity index (χ0) is 13.8. The molecule has 1 unspecified atom stereocenters. The highest BCUT2D eigenvalue weighted by Crippen LogP contribution is 2.35. The summed E-state index contributed by atoms with van der Waals surface area (Å²) in [6, 6.07) is 7.55. The lowest BCUT2D eigenvalue weighted by molar-refractivity contribution is 0.405. The molecule has 1 N–H and O–H groups in total. The van der Waals surface area contributed by atoms with Crippen molar-refractivity contribution in [1.29, 1.82) is 0 Å². The number of methoxy groups -OCH3 is 1. The van der Waals surface area contributed by atoms with Crippen molar-refractivity contribution >= 4 is 0 Å². The molecule has 1 aromatic carbocycles. The van der Waals surface area contributed by atoms with Crippen molar-refractivity contribution in [2.24, 2.45) is 0 Å². The van der Waals surface area contributed by atoms with E-state index in [0.29, 0.717) is 6.04 Å². The van der Waals surface area contributed by atoms with E-state index in [1.165, 1.54) is 57.1 Å². The lowest BCUT2D eigenvalue weighted by Crippen LogP contribution is -2.24. The minimum atomic E-state index is 0.644. The van der Waals surface area contributed by atoms with E-state index in [1.54, 1.807) is 12.7 Å². The van der Waals surface area contributed by atoms with E-state index in [1.807, 2.05) is 0 Å². The van der Waals surface area contributed by atoms with E-state index in [0.717, 1.165) is 18.1 Å². The van der Waals surface area contributed by atoms with Gasteiger partial charge < -0.3 is 10.1 Å². The summed E-state index contributed by atoms with van der Waals surface area (Å²) < 4.78 is 5.57. The maximum Gasteiger partial charge on any atom is 0.122 e. The van der Waals surface area contributed by atoms with E-state index in [4.69, 9.17) is 4.74 Å². The molecule has 1 saturated carbocycles. The summed E-state index contributed by atoms with van der Waals surface area (Å²) in [5, 5.41) is 3.60. The zero-order valence-electron chi connectivity index (χ0n) is 12.7. The van der Waals surface area contributed by atoms with E-state index in [2.05, 4.69) is 23.5 Å². The number of ether oxygens (including phenoxy) is 1. The largest absolute Gasteiger partial charge is 0.496 e. The summed E-state index contributed by atoms with van der Waals surface area (Å²) in [7, 11) is 1.79. The highest BCUT2D eigenvalue weighted by molar-refractivity contribution is 5.39. The molecule has 0 amide bonds. The highest BCUT2D eigenvalue weighted by Gasteiger charge is 2.20. The molecular formula is C18H27NO. The van der Waals surface area contributed by atoms with Crippen LogP contribution >= 0.6 is 0 Å². The Morgan fingerprint density at radius 3 is 2.65 bits per heavy atom. The Kier molecular flexibility index (Phi) is 4.62. The summed E-state index contributed by atoms with van der Waals surface area (Å²) in [6.07, 6.45) is 10.7. The molecule has 1 aliphatic heterocycles. The predicted molar refractivity (Wildman–Crippen MR) is 83.5 cm³/mol. The van der Waals surface area contributed by atoms with Crippen molar-refractivity contribution in [3.05, 3.63) is 29.3 Å². The van der Waals surface area contributed by atoms with Crippen LogP contribution < -0.4 is 10.1 Å². The molecule has 2 nitrogen and oxygen atoms in total. The van der Waals surface area contributed by atoms with Gasteiger partial charge in [-0.1, -0.05) is 31.4 Å². The molecule has 0 aromatic heterocycles. The van der Waals surface area contributed by atoms with E-state index < -0.39 is 0 Å². The fourth-order valence-electron chi connectivity index (χ4n) is 3.84. The molecule has 2 fully saturated rings. The van der Waals surface area contributed by atoms with Crippen LogP contribution in [-0.2, 0) is 6.42 Å². The topological polar surface area (TPSA) is 21.3 Å². The molecular weight excluding hydrogens is 246 g/mol. The van der Waals surface area contributed by atoms with Crippen molar-refractivity contribution in [2.75, 3.05) is 13.7 Å². The van der Waals surface area contributed by atoms with Gasteiger partial charge in [0.15, 0.2) is 0 Å². The van der Waals surface area contributed by atoms with Crippen LogP contribution in [0.4, 0.5) is 0 Å². The van der Waals surface area contributed by atoms with E-state index in [-0.39, 0.29) is 0 Å². The van der Waals surface area contributed by atoms with Crippen LogP contribution in [0.3, 0.4) is 0 Å². The van der Waals surface area contributed by atoms with Crippen LogP contribution in [0.5, 0.6) is 5.75 Å². The number of hydrogen-bond acceptors (Lipinski definition) is 2.